The fourth-order valence-corrected chi connectivity index (χ4v) is 2.72. The summed E-state index contributed by atoms with van der Waals surface area (Å²) in [6.07, 6.45) is 5.22. The Hall–Kier alpha value is -1.61. The molecule has 6 nitrogen and oxygen atoms in total. The molecule has 1 N–H and O–H groups in total. The van der Waals surface area contributed by atoms with E-state index in [1.54, 1.807) is 0 Å². The van der Waals surface area contributed by atoms with E-state index in [1.807, 2.05) is 0 Å². The second-order valence-electron chi connectivity index (χ2n) is 5.41. The maximum atomic E-state index is 11.8. The van der Waals surface area contributed by atoms with Crippen molar-refractivity contribution in [2.75, 3.05) is 13.2 Å². The van der Waals surface area contributed by atoms with Gasteiger partial charge in [0, 0.05) is 6.61 Å². The van der Waals surface area contributed by atoms with Gasteiger partial charge in [0.2, 0.25) is 0 Å². The predicted octanol–water partition coefficient (Wildman–Crippen LogP) is 1.05. The molecular weight excluding hydrogens is 260 g/mol. The second kappa shape index (κ2) is 6.71. The van der Waals surface area contributed by atoms with Crippen LogP contribution in [0.4, 0.5) is 0 Å². The third-order valence-electron chi connectivity index (χ3n) is 3.84. The van der Waals surface area contributed by atoms with E-state index in [0.717, 1.165) is 25.7 Å². The highest BCUT2D eigenvalue weighted by molar-refractivity contribution is 5.82. The summed E-state index contributed by atoms with van der Waals surface area (Å²) in [5.41, 5.74) is -0.786. The van der Waals surface area contributed by atoms with Crippen LogP contribution < -0.4 is 5.32 Å². The third kappa shape index (κ3) is 3.70. The molecule has 1 amide bonds. The summed E-state index contributed by atoms with van der Waals surface area (Å²) in [6.45, 7) is 0.214. The molecular formula is C14H20N2O4. The Morgan fingerprint density at radius 2 is 2.05 bits per heavy atom. The van der Waals surface area contributed by atoms with E-state index < -0.39 is 23.5 Å². The SMILES string of the molecule is N#CC1(NC(=O)COC(=O)C2CCCO2)CCCCC1. The summed E-state index contributed by atoms with van der Waals surface area (Å²) in [6, 6.07) is 2.19. The normalized spacial score (nSPS) is 24.6. The van der Waals surface area contributed by atoms with E-state index in [2.05, 4.69) is 11.4 Å². The van der Waals surface area contributed by atoms with Crippen molar-refractivity contribution < 1.29 is 19.1 Å². The maximum absolute atomic E-state index is 11.8. The zero-order valence-corrected chi connectivity index (χ0v) is 11.5. The van der Waals surface area contributed by atoms with E-state index in [0.29, 0.717) is 25.9 Å². The lowest BCUT2D eigenvalue weighted by molar-refractivity contribution is -0.157. The summed E-state index contributed by atoms with van der Waals surface area (Å²) in [7, 11) is 0. The third-order valence-corrected chi connectivity index (χ3v) is 3.84. The van der Waals surface area contributed by atoms with Gasteiger partial charge in [0.15, 0.2) is 12.7 Å². The molecule has 1 aliphatic carbocycles. The van der Waals surface area contributed by atoms with Gasteiger partial charge in [-0.15, -0.1) is 0 Å². The van der Waals surface area contributed by atoms with E-state index in [9.17, 15) is 14.9 Å². The average Bonchev–Trinajstić information content (AvgIpc) is 3.00. The highest BCUT2D eigenvalue weighted by Gasteiger charge is 2.34. The lowest BCUT2D eigenvalue weighted by Crippen LogP contribution is -2.50. The first-order valence-corrected chi connectivity index (χ1v) is 7.16. The first-order chi connectivity index (χ1) is 9.65. The fourth-order valence-electron chi connectivity index (χ4n) is 2.72. The highest BCUT2D eigenvalue weighted by atomic mass is 16.6. The number of esters is 1. The molecule has 1 unspecified atom stereocenters. The van der Waals surface area contributed by atoms with Gasteiger partial charge in [0.1, 0.15) is 5.54 Å². The number of amides is 1. The van der Waals surface area contributed by atoms with E-state index >= 15 is 0 Å². The number of carbonyl (C=O) groups is 2. The minimum absolute atomic E-state index is 0.345. The van der Waals surface area contributed by atoms with Crippen LogP contribution in [0.3, 0.4) is 0 Å². The van der Waals surface area contributed by atoms with Crippen molar-refractivity contribution in [2.24, 2.45) is 0 Å². The van der Waals surface area contributed by atoms with Crippen LogP contribution >= 0.6 is 0 Å². The molecule has 2 rings (SSSR count). The smallest absolute Gasteiger partial charge is 0.335 e. The van der Waals surface area contributed by atoms with Gasteiger partial charge in [-0.25, -0.2) is 4.79 Å². The van der Waals surface area contributed by atoms with Crippen LogP contribution in [0.1, 0.15) is 44.9 Å². The van der Waals surface area contributed by atoms with Crippen LogP contribution in [0, 0.1) is 11.3 Å². The zero-order valence-electron chi connectivity index (χ0n) is 11.5. The van der Waals surface area contributed by atoms with Crippen LogP contribution in [0.2, 0.25) is 0 Å². The highest BCUT2D eigenvalue weighted by Crippen LogP contribution is 2.27. The lowest BCUT2D eigenvalue weighted by Gasteiger charge is -2.31. The van der Waals surface area contributed by atoms with E-state index in [4.69, 9.17) is 9.47 Å². The van der Waals surface area contributed by atoms with Crippen LogP contribution in [0.5, 0.6) is 0 Å². The Morgan fingerprint density at radius 3 is 2.65 bits per heavy atom. The molecule has 0 bridgehead atoms. The number of hydrogen-bond donors (Lipinski definition) is 1. The molecule has 1 atom stereocenters. The van der Waals surface area contributed by atoms with Crippen molar-refractivity contribution in [1.82, 2.24) is 5.32 Å². The first-order valence-electron chi connectivity index (χ1n) is 7.16. The molecule has 1 heterocycles. The molecule has 0 aromatic rings. The Labute approximate surface area is 118 Å². The van der Waals surface area contributed by atoms with Gasteiger partial charge in [0.25, 0.3) is 5.91 Å². The minimum atomic E-state index is -0.786. The summed E-state index contributed by atoms with van der Waals surface area (Å²) >= 11 is 0. The van der Waals surface area contributed by atoms with Crippen molar-refractivity contribution >= 4 is 11.9 Å². The van der Waals surface area contributed by atoms with Gasteiger partial charge in [-0.3, -0.25) is 4.79 Å². The number of ether oxygens (including phenoxy) is 2. The van der Waals surface area contributed by atoms with Crippen LogP contribution in [0.15, 0.2) is 0 Å². The largest absolute Gasteiger partial charge is 0.454 e. The molecule has 0 aromatic carbocycles. The van der Waals surface area contributed by atoms with Gasteiger partial charge in [-0.2, -0.15) is 5.26 Å². The quantitative estimate of drug-likeness (QED) is 0.778. The average molecular weight is 280 g/mol. The molecule has 20 heavy (non-hydrogen) atoms. The number of nitrogens with one attached hydrogen (secondary N) is 1. The van der Waals surface area contributed by atoms with Gasteiger partial charge < -0.3 is 14.8 Å². The Kier molecular flexibility index (Phi) is 4.96. The summed E-state index contributed by atoms with van der Waals surface area (Å²) in [5.74, 6) is -0.910. The van der Waals surface area contributed by atoms with Gasteiger partial charge in [0.05, 0.1) is 6.07 Å². The minimum Gasteiger partial charge on any atom is -0.454 e. The monoisotopic (exact) mass is 280 g/mol. The topological polar surface area (TPSA) is 88.4 Å². The Bertz CT molecular complexity index is 404. The van der Waals surface area contributed by atoms with E-state index in [1.165, 1.54) is 0 Å². The number of nitriles is 1. The second-order valence-corrected chi connectivity index (χ2v) is 5.41. The van der Waals surface area contributed by atoms with Crippen molar-refractivity contribution in [3.05, 3.63) is 0 Å². The van der Waals surface area contributed by atoms with Crippen molar-refractivity contribution in [3.8, 4) is 6.07 Å². The van der Waals surface area contributed by atoms with Crippen molar-refractivity contribution in [1.29, 1.82) is 5.26 Å². The molecule has 6 heteroatoms. The van der Waals surface area contributed by atoms with Crippen molar-refractivity contribution in [2.45, 2.75) is 56.6 Å². The first kappa shape index (κ1) is 14.8. The molecule has 0 spiro atoms. The number of rotatable bonds is 4. The Balaban J connectivity index is 1.77. The molecule has 2 aliphatic rings. The van der Waals surface area contributed by atoms with Gasteiger partial charge in [-0.05, 0) is 25.7 Å². The summed E-state index contributed by atoms with van der Waals surface area (Å²) in [4.78, 5) is 23.4. The van der Waals surface area contributed by atoms with Crippen molar-refractivity contribution in [3.63, 3.8) is 0 Å². The molecule has 0 radical (unpaired) electrons. The fraction of sp³-hybridized carbons (Fsp3) is 0.786. The number of hydrogen-bond acceptors (Lipinski definition) is 5. The lowest BCUT2D eigenvalue weighted by atomic mass is 9.83. The molecule has 110 valence electrons. The predicted molar refractivity (Wildman–Crippen MR) is 69.5 cm³/mol. The summed E-state index contributed by atoms with van der Waals surface area (Å²) in [5, 5.41) is 12.0. The maximum Gasteiger partial charge on any atom is 0.335 e. The molecule has 1 saturated heterocycles. The standard InChI is InChI=1S/C14H20N2O4/c15-10-14(6-2-1-3-7-14)16-12(17)9-20-13(18)11-5-4-8-19-11/h11H,1-9H2,(H,16,17). The molecule has 1 saturated carbocycles. The molecule has 0 aromatic heterocycles. The Morgan fingerprint density at radius 1 is 1.30 bits per heavy atom. The van der Waals surface area contributed by atoms with Crippen LogP contribution in [0.25, 0.3) is 0 Å². The van der Waals surface area contributed by atoms with Gasteiger partial charge >= 0.3 is 5.97 Å². The number of carbonyl (C=O) groups excluding carboxylic acids is 2. The molecule has 1 aliphatic heterocycles. The molecule has 2 fully saturated rings. The van der Waals surface area contributed by atoms with Crippen LogP contribution in [-0.2, 0) is 19.1 Å². The van der Waals surface area contributed by atoms with E-state index in [-0.39, 0.29) is 6.61 Å². The van der Waals surface area contributed by atoms with Crippen LogP contribution in [-0.4, -0.2) is 36.7 Å². The summed E-state index contributed by atoms with van der Waals surface area (Å²) < 4.78 is 10.1. The number of nitrogens with zero attached hydrogens (tertiary/aromatic N) is 1. The zero-order chi connectivity index (χ0) is 14.4. The van der Waals surface area contributed by atoms with Gasteiger partial charge in [-0.1, -0.05) is 19.3 Å².